The van der Waals surface area contributed by atoms with Crippen molar-refractivity contribution >= 4 is 33.9 Å². The number of hydrogen-bond acceptors (Lipinski definition) is 3. The minimum Gasteiger partial charge on any atom is -0.352 e. The van der Waals surface area contributed by atoms with Crippen LogP contribution in [0.5, 0.6) is 0 Å². The second kappa shape index (κ2) is 7.66. The number of thiophene rings is 1. The Bertz CT molecular complexity index is 894. The molecule has 3 rings (SSSR count). The van der Waals surface area contributed by atoms with Crippen molar-refractivity contribution in [2.24, 2.45) is 7.05 Å². The van der Waals surface area contributed by atoms with Crippen LogP contribution in [-0.4, -0.2) is 16.3 Å². The zero-order valence-corrected chi connectivity index (χ0v) is 15.4. The van der Waals surface area contributed by atoms with Crippen LogP contribution in [0.25, 0.3) is 10.9 Å². The van der Waals surface area contributed by atoms with E-state index in [1.165, 1.54) is 27.9 Å². The van der Waals surface area contributed by atoms with E-state index in [9.17, 15) is 9.59 Å². The van der Waals surface area contributed by atoms with Gasteiger partial charge in [-0.1, -0.05) is 12.1 Å². The maximum absolute atomic E-state index is 12.0. The maximum Gasteiger partial charge on any atom is 0.220 e. The monoisotopic (exact) mass is 354 g/mol. The first kappa shape index (κ1) is 17.4. The van der Waals surface area contributed by atoms with Crippen molar-refractivity contribution in [3.05, 3.63) is 57.9 Å². The van der Waals surface area contributed by atoms with Crippen LogP contribution in [0.2, 0.25) is 0 Å². The van der Waals surface area contributed by atoms with E-state index in [1.54, 1.807) is 0 Å². The van der Waals surface area contributed by atoms with Crippen LogP contribution < -0.4 is 5.32 Å². The third-order valence-electron chi connectivity index (χ3n) is 4.44. The molecule has 0 radical (unpaired) electrons. The summed E-state index contributed by atoms with van der Waals surface area (Å²) in [4.78, 5) is 24.6. The molecule has 0 saturated carbocycles. The normalized spacial score (nSPS) is 11.0. The van der Waals surface area contributed by atoms with E-state index < -0.39 is 0 Å². The molecule has 5 heteroatoms. The van der Waals surface area contributed by atoms with Crippen molar-refractivity contribution in [3.63, 3.8) is 0 Å². The zero-order valence-electron chi connectivity index (χ0n) is 14.5. The number of ketones is 1. The van der Waals surface area contributed by atoms with Crippen LogP contribution >= 0.6 is 11.3 Å². The Morgan fingerprint density at radius 3 is 2.76 bits per heavy atom. The molecule has 0 atom stereocenters. The van der Waals surface area contributed by atoms with Gasteiger partial charge in [-0.25, -0.2) is 0 Å². The van der Waals surface area contributed by atoms with Crippen molar-refractivity contribution in [2.45, 2.75) is 32.7 Å². The lowest BCUT2D eigenvalue weighted by Gasteiger charge is -2.06. The predicted octanol–water partition coefficient (Wildman–Crippen LogP) is 4.22. The van der Waals surface area contributed by atoms with Crippen molar-refractivity contribution in [1.29, 1.82) is 0 Å². The fourth-order valence-corrected chi connectivity index (χ4v) is 3.60. The smallest absolute Gasteiger partial charge is 0.220 e. The van der Waals surface area contributed by atoms with Crippen molar-refractivity contribution in [2.75, 3.05) is 0 Å². The van der Waals surface area contributed by atoms with E-state index in [-0.39, 0.29) is 11.7 Å². The number of rotatable bonds is 7. The van der Waals surface area contributed by atoms with Crippen molar-refractivity contribution in [3.8, 4) is 0 Å². The summed E-state index contributed by atoms with van der Waals surface area (Å²) in [5.41, 5.74) is 3.49. The number of Topliss-reactive ketones (excluding diaryl/α,β-unsaturated/α-hetero) is 1. The number of carbonyl (C=O) groups is 2. The Balaban J connectivity index is 1.46. The standard InChI is InChI=1S/C20H22N2O2S/c1-14-11-16-12-15(8-9-17(16)22(14)2)13-21-20(24)7-3-5-18(23)19-6-4-10-25-19/h4,6,8-12H,3,5,7,13H2,1-2H3,(H,21,24). The van der Waals surface area contributed by atoms with Gasteiger partial charge in [0.15, 0.2) is 5.78 Å². The highest BCUT2D eigenvalue weighted by Gasteiger charge is 2.09. The highest BCUT2D eigenvalue weighted by molar-refractivity contribution is 7.12. The number of hydrogen-bond donors (Lipinski definition) is 1. The molecule has 0 fully saturated rings. The predicted molar refractivity (Wildman–Crippen MR) is 102 cm³/mol. The van der Waals surface area contributed by atoms with E-state index in [1.807, 2.05) is 23.6 Å². The number of nitrogens with zero attached hydrogens (tertiary/aromatic N) is 1. The van der Waals surface area contributed by atoms with Gasteiger partial charge in [0.25, 0.3) is 0 Å². The molecule has 0 unspecified atom stereocenters. The number of benzene rings is 1. The van der Waals surface area contributed by atoms with Crippen LogP contribution in [0.15, 0.2) is 41.8 Å². The molecule has 0 aliphatic carbocycles. The lowest BCUT2D eigenvalue weighted by atomic mass is 10.1. The lowest BCUT2D eigenvalue weighted by Crippen LogP contribution is -2.22. The van der Waals surface area contributed by atoms with Gasteiger partial charge in [0.2, 0.25) is 5.91 Å². The van der Waals surface area contributed by atoms with Crippen LogP contribution in [0, 0.1) is 6.92 Å². The van der Waals surface area contributed by atoms with Gasteiger partial charge in [0, 0.05) is 43.0 Å². The highest BCUT2D eigenvalue weighted by atomic mass is 32.1. The molecule has 3 aromatic rings. The number of fused-ring (bicyclic) bond motifs is 1. The number of aryl methyl sites for hydroxylation is 2. The largest absolute Gasteiger partial charge is 0.352 e. The summed E-state index contributed by atoms with van der Waals surface area (Å²) < 4.78 is 2.16. The maximum atomic E-state index is 12.0. The van der Waals surface area contributed by atoms with E-state index in [0.29, 0.717) is 25.8 Å². The Hall–Kier alpha value is -2.40. The molecule has 4 nitrogen and oxygen atoms in total. The lowest BCUT2D eigenvalue weighted by molar-refractivity contribution is -0.121. The summed E-state index contributed by atoms with van der Waals surface area (Å²) >= 11 is 1.45. The molecule has 0 spiro atoms. The Morgan fingerprint density at radius 2 is 2.00 bits per heavy atom. The van der Waals surface area contributed by atoms with Gasteiger partial charge in [-0.2, -0.15) is 0 Å². The summed E-state index contributed by atoms with van der Waals surface area (Å²) in [7, 11) is 2.05. The number of nitrogens with one attached hydrogen (secondary N) is 1. The average molecular weight is 354 g/mol. The summed E-state index contributed by atoms with van der Waals surface area (Å²) in [6.07, 6.45) is 1.38. The second-order valence-electron chi connectivity index (χ2n) is 6.27. The van der Waals surface area contributed by atoms with Crippen molar-refractivity contribution in [1.82, 2.24) is 9.88 Å². The summed E-state index contributed by atoms with van der Waals surface area (Å²) in [6.45, 7) is 2.60. The van der Waals surface area contributed by atoms with Crippen LogP contribution in [0.1, 0.15) is 40.2 Å². The fourth-order valence-electron chi connectivity index (χ4n) is 2.91. The number of carbonyl (C=O) groups excluding carboxylic acids is 2. The second-order valence-corrected chi connectivity index (χ2v) is 7.22. The molecule has 25 heavy (non-hydrogen) atoms. The summed E-state index contributed by atoms with van der Waals surface area (Å²) in [5.74, 6) is 0.107. The summed E-state index contributed by atoms with van der Waals surface area (Å²) in [5, 5.41) is 6.02. The Labute approximate surface area is 151 Å². The molecule has 1 amide bonds. The van der Waals surface area contributed by atoms with Gasteiger partial charge in [-0.15, -0.1) is 11.3 Å². The molecule has 1 N–H and O–H groups in total. The third-order valence-corrected chi connectivity index (χ3v) is 5.35. The first-order chi connectivity index (χ1) is 12.0. The van der Waals surface area contributed by atoms with Gasteiger partial charge in [-0.05, 0) is 48.6 Å². The molecule has 0 bridgehead atoms. The molecule has 2 aromatic heterocycles. The van der Waals surface area contributed by atoms with Gasteiger partial charge in [0.05, 0.1) is 4.88 Å². The average Bonchev–Trinajstić information content (AvgIpc) is 3.22. The molecule has 130 valence electrons. The van der Waals surface area contributed by atoms with E-state index in [2.05, 4.69) is 42.1 Å². The Morgan fingerprint density at radius 1 is 1.16 bits per heavy atom. The van der Waals surface area contributed by atoms with E-state index in [4.69, 9.17) is 0 Å². The topological polar surface area (TPSA) is 51.1 Å². The van der Waals surface area contributed by atoms with Gasteiger partial charge >= 0.3 is 0 Å². The first-order valence-corrected chi connectivity index (χ1v) is 9.31. The molecular formula is C20H22N2O2S. The minimum absolute atomic E-state index is 0.0108. The number of amides is 1. The van der Waals surface area contributed by atoms with E-state index in [0.717, 1.165) is 10.4 Å². The van der Waals surface area contributed by atoms with Crippen LogP contribution in [-0.2, 0) is 18.4 Å². The molecule has 2 heterocycles. The molecular weight excluding hydrogens is 332 g/mol. The minimum atomic E-state index is -0.0108. The van der Waals surface area contributed by atoms with Crippen molar-refractivity contribution < 1.29 is 9.59 Å². The van der Waals surface area contributed by atoms with Gasteiger partial charge in [-0.3, -0.25) is 9.59 Å². The zero-order chi connectivity index (χ0) is 17.8. The molecule has 1 aromatic carbocycles. The van der Waals surface area contributed by atoms with Gasteiger partial charge in [0.1, 0.15) is 0 Å². The van der Waals surface area contributed by atoms with Crippen LogP contribution in [0.3, 0.4) is 0 Å². The SMILES string of the molecule is Cc1cc2cc(CNC(=O)CCCC(=O)c3cccs3)ccc2n1C. The van der Waals surface area contributed by atoms with E-state index >= 15 is 0 Å². The molecule has 0 aliphatic heterocycles. The molecule has 0 saturated heterocycles. The van der Waals surface area contributed by atoms with Gasteiger partial charge < -0.3 is 9.88 Å². The summed E-state index contributed by atoms with van der Waals surface area (Å²) in [6, 6.07) is 12.1. The molecule has 0 aliphatic rings. The quantitative estimate of drug-likeness (QED) is 0.646. The number of aromatic nitrogens is 1. The van der Waals surface area contributed by atoms with Crippen LogP contribution in [0.4, 0.5) is 0 Å². The fraction of sp³-hybridized carbons (Fsp3) is 0.300. The highest BCUT2D eigenvalue weighted by Crippen LogP contribution is 2.19. The first-order valence-electron chi connectivity index (χ1n) is 8.43. The third kappa shape index (κ3) is 4.17. The Kier molecular flexibility index (Phi) is 5.34.